The molecular weight excluding hydrogens is 224 g/mol. The van der Waals surface area contributed by atoms with Gasteiger partial charge < -0.3 is 10.2 Å². The summed E-state index contributed by atoms with van der Waals surface area (Å²) in [6.07, 6.45) is 5.80. The molecule has 1 fully saturated rings. The maximum atomic E-state index is 12.6. The van der Waals surface area contributed by atoms with E-state index in [2.05, 4.69) is 11.4 Å². The Morgan fingerprint density at radius 2 is 1.94 bits per heavy atom. The molecule has 1 aromatic carbocycles. The zero-order valence-corrected chi connectivity index (χ0v) is 10.7. The van der Waals surface area contributed by atoms with Gasteiger partial charge in [-0.3, -0.25) is 4.79 Å². The van der Waals surface area contributed by atoms with E-state index in [4.69, 9.17) is 0 Å². The summed E-state index contributed by atoms with van der Waals surface area (Å²) in [4.78, 5) is 14.6. The van der Waals surface area contributed by atoms with Crippen molar-refractivity contribution < 1.29 is 4.79 Å². The van der Waals surface area contributed by atoms with Gasteiger partial charge in [0.25, 0.3) is 5.91 Å². The maximum Gasteiger partial charge on any atom is 0.255 e. The predicted octanol–water partition coefficient (Wildman–Crippen LogP) is 2.67. The number of hydrogen-bond donors (Lipinski definition) is 1. The lowest BCUT2D eigenvalue weighted by molar-refractivity contribution is 0.0725. The number of fused-ring (bicyclic) bond motifs is 1. The van der Waals surface area contributed by atoms with Crippen LogP contribution in [0.2, 0.25) is 0 Å². The van der Waals surface area contributed by atoms with Crippen LogP contribution in [-0.4, -0.2) is 30.4 Å². The van der Waals surface area contributed by atoms with Gasteiger partial charge in [-0.2, -0.15) is 0 Å². The molecule has 0 saturated carbocycles. The zero-order chi connectivity index (χ0) is 12.4. The molecule has 1 aromatic rings. The van der Waals surface area contributed by atoms with Gasteiger partial charge in [0.15, 0.2) is 0 Å². The lowest BCUT2D eigenvalue weighted by Crippen LogP contribution is -2.36. The molecule has 18 heavy (non-hydrogen) atoms. The summed E-state index contributed by atoms with van der Waals surface area (Å²) in [6, 6.07) is 6.12. The van der Waals surface area contributed by atoms with Crippen LogP contribution in [0.5, 0.6) is 0 Å². The van der Waals surface area contributed by atoms with Crippen LogP contribution < -0.4 is 5.32 Å². The van der Waals surface area contributed by atoms with Gasteiger partial charge in [0, 0.05) is 19.6 Å². The van der Waals surface area contributed by atoms with Crippen molar-refractivity contribution in [1.29, 1.82) is 0 Å². The summed E-state index contributed by atoms with van der Waals surface area (Å²) in [5, 5.41) is 3.40. The molecule has 0 spiro atoms. The van der Waals surface area contributed by atoms with E-state index in [1.54, 1.807) is 0 Å². The number of rotatable bonds is 1. The van der Waals surface area contributed by atoms with Crippen molar-refractivity contribution in [2.45, 2.75) is 32.1 Å². The van der Waals surface area contributed by atoms with Crippen LogP contribution >= 0.6 is 0 Å². The Hall–Kier alpha value is -1.51. The van der Waals surface area contributed by atoms with Crippen LogP contribution in [0.4, 0.5) is 5.69 Å². The number of amides is 1. The third kappa shape index (κ3) is 2.09. The van der Waals surface area contributed by atoms with Crippen molar-refractivity contribution in [3.8, 4) is 0 Å². The van der Waals surface area contributed by atoms with Crippen LogP contribution in [-0.2, 0) is 6.42 Å². The third-order valence-corrected chi connectivity index (χ3v) is 3.95. The summed E-state index contributed by atoms with van der Waals surface area (Å²) in [5.74, 6) is 0.209. The number of carbonyl (C=O) groups is 1. The van der Waals surface area contributed by atoms with Gasteiger partial charge in [-0.15, -0.1) is 0 Å². The lowest BCUT2D eigenvalue weighted by Gasteiger charge is -2.29. The van der Waals surface area contributed by atoms with Crippen molar-refractivity contribution in [3.05, 3.63) is 29.3 Å². The average molecular weight is 244 g/mol. The Morgan fingerprint density at radius 3 is 2.78 bits per heavy atom. The minimum Gasteiger partial charge on any atom is -0.384 e. The summed E-state index contributed by atoms with van der Waals surface area (Å²) in [5.41, 5.74) is 3.25. The standard InChI is InChI=1S/C15H20N2O/c18-15(17-10-2-1-3-11-17)13-8-4-6-12-7-5-9-16-14(12)13/h4,6,8,16H,1-3,5,7,9-11H2. The van der Waals surface area contributed by atoms with Crippen LogP contribution in [0.1, 0.15) is 41.6 Å². The number of piperidine rings is 1. The molecule has 0 aromatic heterocycles. The lowest BCUT2D eigenvalue weighted by atomic mass is 9.98. The number of aryl methyl sites for hydroxylation is 1. The second-order valence-corrected chi connectivity index (χ2v) is 5.22. The molecule has 2 aliphatic heterocycles. The molecule has 1 saturated heterocycles. The first-order valence-corrected chi connectivity index (χ1v) is 7.01. The molecule has 96 valence electrons. The molecule has 1 amide bonds. The molecular formula is C15H20N2O. The van der Waals surface area contributed by atoms with Crippen molar-refractivity contribution in [2.75, 3.05) is 25.0 Å². The molecule has 0 unspecified atom stereocenters. The fraction of sp³-hybridized carbons (Fsp3) is 0.533. The van der Waals surface area contributed by atoms with E-state index >= 15 is 0 Å². The van der Waals surface area contributed by atoms with E-state index in [0.717, 1.165) is 56.6 Å². The molecule has 0 bridgehead atoms. The van der Waals surface area contributed by atoms with Crippen LogP contribution in [0, 0.1) is 0 Å². The monoisotopic (exact) mass is 244 g/mol. The molecule has 0 radical (unpaired) electrons. The van der Waals surface area contributed by atoms with Crippen molar-refractivity contribution >= 4 is 11.6 Å². The number of carbonyl (C=O) groups excluding carboxylic acids is 1. The van der Waals surface area contributed by atoms with Crippen LogP contribution in [0.15, 0.2) is 18.2 Å². The van der Waals surface area contributed by atoms with Crippen molar-refractivity contribution in [3.63, 3.8) is 0 Å². The number of anilines is 1. The Labute approximate surface area is 108 Å². The molecule has 3 heteroatoms. The number of likely N-dealkylation sites (tertiary alicyclic amines) is 1. The number of para-hydroxylation sites is 1. The summed E-state index contributed by atoms with van der Waals surface area (Å²) >= 11 is 0. The second-order valence-electron chi connectivity index (χ2n) is 5.22. The van der Waals surface area contributed by atoms with Gasteiger partial charge in [-0.25, -0.2) is 0 Å². The largest absolute Gasteiger partial charge is 0.384 e. The first-order valence-electron chi connectivity index (χ1n) is 7.01. The van der Waals surface area contributed by atoms with Crippen LogP contribution in [0.3, 0.4) is 0 Å². The van der Waals surface area contributed by atoms with Gasteiger partial charge in [-0.1, -0.05) is 12.1 Å². The molecule has 0 aliphatic carbocycles. The molecule has 1 N–H and O–H groups in total. The molecule has 0 atom stereocenters. The fourth-order valence-corrected chi connectivity index (χ4v) is 2.96. The first kappa shape index (κ1) is 11.6. The van der Waals surface area contributed by atoms with E-state index < -0.39 is 0 Å². The number of nitrogens with zero attached hydrogens (tertiary/aromatic N) is 1. The van der Waals surface area contributed by atoms with Gasteiger partial charge >= 0.3 is 0 Å². The highest BCUT2D eigenvalue weighted by molar-refractivity contribution is 6.00. The van der Waals surface area contributed by atoms with Crippen LogP contribution in [0.25, 0.3) is 0 Å². The Morgan fingerprint density at radius 1 is 1.11 bits per heavy atom. The topological polar surface area (TPSA) is 32.3 Å². The second kappa shape index (κ2) is 5.01. The van der Waals surface area contributed by atoms with Gasteiger partial charge in [-0.05, 0) is 43.7 Å². The van der Waals surface area contributed by atoms with Gasteiger partial charge in [0.1, 0.15) is 0 Å². The van der Waals surface area contributed by atoms with Crippen molar-refractivity contribution in [1.82, 2.24) is 4.90 Å². The van der Waals surface area contributed by atoms with Crippen molar-refractivity contribution in [2.24, 2.45) is 0 Å². The maximum absolute atomic E-state index is 12.6. The minimum absolute atomic E-state index is 0.209. The normalized spacial score (nSPS) is 19.0. The third-order valence-electron chi connectivity index (χ3n) is 3.95. The fourth-order valence-electron chi connectivity index (χ4n) is 2.96. The minimum atomic E-state index is 0.209. The summed E-state index contributed by atoms with van der Waals surface area (Å²) < 4.78 is 0. The molecule has 3 nitrogen and oxygen atoms in total. The Bertz CT molecular complexity index is 450. The average Bonchev–Trinajstić information content (AvgIpc) is 2.47. The van der Waals surface area contributed by atoms with E-state index in [0.29, 0.717) is 0 Å². The quantitative estimate of drug-likeness (QED) is 0.823. The zero-order valence-electron chi connectivity index (χ0n) is 10.7. The van der Waals surface area contributed by atoms with E-state index in [1.807, 2.05) is 17.0 Å². The number of hydrogen-bond acceptors (Lipinski definition) is 2. The predicted molar refractivity (Wildman–Crippen MR) is 73.0 cm³/mol. The van der Waals surface area contributed by atoms with E-state index in [1.165, 1.54) is 12.0 Å². The highest BCUT2D eigenvalue weighted by Crippen LogP contribution is 2.27. The van der Waals surface area contributed by atoms with E-state index in [9.17, 15) is 4.79 Å². The molecule has 2 heterocycles. The Kier molecular flexibility index (Phi) is 3.22. The highest BCUT2D eigenvalue weighted by atomic mass is 16.2. The van der Waals surface area contributed by atoms with E-state index in [-0.39, 0.29) is 5.91 Å². The molecule has 2 aliphatic rings. The molecule has 3 rings (SSSR count). The number of benzene rings is 1. The Balaban J connectivity index is 1.89. The summed E-state index contributed by atoms with van der Waals surface area (Å²) in [7, 11) is 0. The smallest absolute Gasteiger partial charge is 0.255 e. The summed E-state index contributed by atoms with van der Waals surface area (Å²) in [6.45, 7) is 2.82. The highest BCUT2D eigenvalue weighted by Gasteiger charge is 2.22. The van der Waals surface area contributed by atoms with Gasteiger partial charge in [0.2, 0.25) is 0 Å². The first-order chi connectivity index (χ1) is 8.86. The number of nitrogens with one attached hydrogen (secondary N) is 1. The van der Waals surface area contributed by atoms with Gasteiger partial charge in [0.05, 0.1) is 11.3 Å². The SMILES string of the molecule is O=C(c1cccc2c1NCCC2)N1CCCCC1.